The van der Waals surface area contributed by atoms with Crippen LogP contribution in [0.25, 0.3) is 0 Å². The first kappa shape index (κ1) is 15.4. The molecule has 7 nitrogen and oxygen atoms in total. The second kappa shape index (κ2) is 6.48. The van der Waals surface area contributed by atoms with Gasteiger partial charge in [-0.25, -0.2) is 9.78 Å². The highest BCUT2D eigenvalue weighted by Gasteiger charge is 2.17. The van der Waals surface area contributed by atoms with E-state index in [1.54, 1.807) is 26.2 Å². The lowest BCUT2D eigenvalue weighted by Gasteiger charge is -2.18. The van der Waals surface area contributed by atoms with Crippen molar-refractivity contribution in [2.24, 2.45) is 5.16 Å². The van der Waals surface area contributed by atoms with Gasteiger partial charge in [-0.1, -0.05) is 5.16 Å². The van der Waals surface area contributed by atoms with Crippen molar-refractivity contribution in [3.8, 4) is 0 Å². The number of aromatic nitrogens is 1. The summed E-state index contributed by atoms with van der Waals surface area (Å²) in [5.41, 5.74) is 0.161. The summed E-state index contributed by atoms with van der Waals surface area (Å²) in [5.74, 6) is 0. The molecule has 0 bridgehead atoms. The first-order valence-corrected chi connectivity index (χ1v) is 6.40. The molecule has 0 spiro atoms. The quantitative estimate of drug-likeness (QED) is 0.651. The molecule has 2 N–H and O–H groups in total. The number of nitrogens with one attached hydrogen (secondary N) is 1. The van der Waals surface area contributed by atoms with Crippen molar-refractivity contribution >= 4 is 28.3 Å². The Labute approximate surface area is 115 Å². The van der Waals surface area contributed by atoms with E-state index in [9.17, 15) is 4.79 Å². The molecule has 19 heavy (non-hydrogen) atoms. The Morgan fingerprint density at radius 2 is 2.26 bits per heavy atom. The molecule has 0 radical (unpaired) electrons. The normalized spacial score (nSPS) is 12.2. The van der Waals surface area contributed by atoms with Gasteiger partial charge in [0.1, 0.15) is 24.1 Å². The minimum Gasteiger partial charge on any atom is -0.444 e. The van der Waals surface area contributed by atoms with Gasteiger partial charge < -0.3 is 14.7 Å². The molecule has 0 fully saturated rings. The molecule has 1 heterocycles. The maximum Gasteiger partial charge on any atom is 0.413 e. The number of aliphatic hydroxyl groups excluding tert-OH is 1. The van der Waals surface area contributed by atoms with E-state index in [1.165, 1.54) is 18.4 Å². The van der Waals surface area contributed by atoms with Gasteiger partial charge in [0.15, 0.2) is 5.13 Å². The van der Waals surface area contributed by atoms with Crippen molar-refractivity contribution < 1.29 is 19.5 Å². The highest BCUT2D eigenvalue weighted by atomic mass is 32.1. The number of carbonyl (C=O) groups excluding carboxylic acids is 1. The lowest BCUT2D eigenvalue weighted by atomic mass is 10.2. The Kier molecular flexibility index (Phi) is 5.25. The Morgan fingerprint density at radius 1 is 1.58 bits per heavy atom. The average molecular weight is 287 g/mol. The van der Waals surface area contributed by atoms with Gasteiger partial charge in [-0.05, 0) is 20.8 Å². The van der Waals surface area contributed by atoms with E-state index in [2.05, 4.69) is 20.3 Å². The van der Waals surface area contributed by atoms with E-state index in [1.807, 2.05) is 0 Å². The predicted octanol–water partition coefficient (Wildman–Crippen LogP) is 1.83. The third-order valence-electron chi connectivity index (χ3n) is 1.76. The number of ether oxygens (including phenoxy) is 1. The molecule has 0 saturated heterocycles. The van der Waals surface area contributed by atoms with Crippen LogP contribution in [0, 0.1) is 0 Å². The molecule has 1 aromatic heterocycles. The van der Waals surface area contributed by atoms with E-state index < -0.39 is 11.7 Å². The van der Waals surface area contributed by atoms with Gasteiger partial charge in [0, 0.05) is 5.38 Å². The molecule has 0 atom stereocenters. The van der Waals surface area contributed by atoms with Crippen molar-refractivity contribution in [1.82, 2.24) is 4.98 Å². The van der Waals surface area contributed by atoms with Crippen LogP contribution in [-0.2, 0) is 9.57 Å². The monoisotopic (exact) mass is 287 g/mol. The van der Waals surface area contributed by atoms with E-state index >= 15 is 0 Å². The summed E-state index contributed by atoms with van der Waals surface area (Å²) in [6, 6.07) is 0. The first-order valence-electron chi connectivity index (χ1n) is 5.52. The second-order valence-corrected chi connectivity index (χ2v) is 5.40. The smallest absolute Gasteiger partial charge is 0.413 e. The van der Waals surface area contributed by atoms with Crippen LogP contribution in [0.15, 0.2) is 10.5 Å². The average Bonchev–Trinajstić information content (AvgIpc) is 2.71. The fourth-order valence-corrected chi connectivity index (χ4v) is 1.83. The number of anilines is 1. The Bertz CT molecular complexity index is 465. The topological polar surface area (TPSA) is 93.0 Å². The molecule has 0 aliphatic heterocycles. The van der Waals surface area contributed by atoms with Crippen molar-refractivity contribution in [1.29, 1.82) is 0 Å². The number of carbonyl (C=O) groups is 1. The zero-order valence-electron chi connectivity index (χ0n) is 11.3. The summed E-state index contributed by atoms with van der Waals surface area (Å²) in [7, 11) is 1.38. The molecule has 0 aromatic carbocycles. The van der Waals surface area contributed by atoms with Gasteiger partial charge in [-0.15, -0.1) is 11.3 Å². The SMILES string of the molecule is CO/N=C(\CO)c1csc(NC(=O)OC(C)(C)C)n1. The van der Waals surface area contributed by atoms with Gasteiger partial charge in [0.25, 0.3) is 0 Å². The van der Waals surface area contributed by atoms with Crippen LogP contribution in [0.2, 0.25) is 0 Å². The van der Waals surface area contributed by atoms with E-state index in [0.29, 0.717) is 10.8 Å². The summed E-state index contributed by atoms with van der Waals surface area (Å²) in [6.07, 6.45) is -0.581. The minimum atomic E-state index is -0.581. The molecule has 1 rings (SSSR count). The highest BCUT2D eigenvalue weighted by molar-refractivity contribution is 7.14. The number of amides is 1. The molecule has 106 valence electrons. The summed E-state index contributed by atoms with van der Waals surface area (Å²) in [5, 5.41) is 17.3. The van der Waals surface area contributed by atoms with Crippen molar-refractivity contribution in [2.75, 3.05) is 19.0 Å². The largest absolute Gasteiger partial charge is 0.444 e. The van der Waals surface area contributed by atoms with Crippen LogP contribution < -0.4 is 5.32 Å². The van der Waals surface area contributed by atoms with Gasteiger partial charge in [0.2, 0.25) is 0 Å². The van der Waals surface area contributed by atoms with Gasteiger partial charge in [-0.2, -0.15) is 0 Å². The lowest BCUT2D eigenvalue weighted by Crippen LogP contribution is -2.27. The zero-order valence-corrected chi connectivity index (χ0v) is 12.1. The number of rotatable bonds is 4. The summed E-state index contributed by atoms with van der Waals surface area (Å²) >= 11 is 1.20. The standard InChI is InChI=1S/C11H17N3O4S/c1-11(2,3)18-10(16)13-9-12-8(6-19-9)7(5-15)14-17-4/h6,15H,5H2,1-4H3,(H,12,13,16)/b14-7+. The number of aliphatic hydroxyl groups is 1. The molecule has 0 saturated carbocycles. The van der Waals surface area contributed by atoms with E-state index in [4.69, 9.17) is 9.84 Å². The summed E-state index contributed by atoms with van der Waals surface area (Å²) in [4.78, 5) is 20.2. The molecule has 0 unspecified atom stereocenters. The number of hydrogen-bond donors (Lipinski definition) is 2. The van der Waals surface area contributed by atoms with Crippen molar-refractivity contribution in [3.05, 3.63) is 11.1 Å². The zero-order chi connectivity index (χ0) is 14.5. The maximum absolute atomic E-state index is 11.5. The maximum atomic E-state index is 11.5. The van der Waals surface area contributed by atoms with Crippen LogP contribution >= 0.6 is 11.3 Å². The van der Waals surface area contributed by atoms with Crippen LogP contribution in [-0.4, -0.2) is 41.2 Å². The predicted molar refractivity (Wildman–Crippen MR) is 72.6 cm³/mol. The second-order valence-electron chi connectivity index (χ2n) is 4.54. The van der Waals surface area contributed by atoms with Crippen molar-refractivity contribution in [3.63, 3.8) is 0 Å². The number of hydrogen-bond acceptors (Lipinski definition) is 7. The summed E-state index contributed by atoms with van der Waals surface area (Å²) in [6.45, 7) is 5.02. The van der Waals surface area contributed by atoms with Crippen LogP contribution in [0.1, 0.15) is 26.5 Å². The molecule has 0 aliphatic rings. The molecule has 8 heteroatoms. The fourth-order valence-electron chi connectivity index (χ4n) is 1.12. The van der Waals surface area contributed by atoms with Crippen LogP contribution in [0.5, 0.6) is 0 Å². The minimum absolute atomic E-state index is 0.288. The van der Waals surface area contributed by atoms with E-state index in [0.717, 1.165) is 0 Å². The molecular weight excluding hydrogens is 270 g/mol. The molecular formula is C11H17N3O4S. The number of nitrogens with zero attached hydrogens (tertiary/aromatic N) is 2. The first-order chi connectivity index (χ1) is 8.85. The Morgan fingerprint density at radius 3 is 2.79 bits per heavy atom. The number of thiazole rings is 1. The molecule has 0 aliphatic carbocycles. The molecule has 1 amide bonds. The Hall–Kier alpha value is -1.67. The van der Waals surface area contributed by atoms with Gasteiger partial charge in [0.05, 0.1) is 6.61 Å². The van der Waals surface area contributed by atoms with Crippen molar-refractivity contribution in [2.45, 2.75) is 26.4 Å². The van der Waals surface area contributed by atoms with Gasteiger partial charge >= 0.3 is 6.09 Å². The fraction of sp³-hybridized carbons (Fsp3) is 0.545. The van der Waals surface area contributed by atoms with Crippen LogP contribution in [0.4, 0.5) is 9.93 Å². The third kappa shape index (κ3) is 5.23. The number of oxime groups is 1. The third-order valence-corrected chi connectivity index (χ3v) is 2.52. The lowest BCUT2D eigenvalue weighted by molar-refractivity contribution is 0.0636. The summed E-state index contributed by atoms with van der Waals surface area (Å²) < 4.78 is 5.10. The molecule has 1 aromatic rings. The van der Waals surface area contributed by atoms with Gasteiger partial charge in [-0.3, -0.25) is 5.32 Å². The highest BCUT2D eigenvalue weighted by Crippen LogP contribution is 2.17. The van der Waals surface area contributed by atoms with E-state index in [-0.39, 0.29) is 12.3 Å². The van der Waals surface area contributed by atoms with Crippen LogP contribution in [0.3, 0.4) is 0 Å². The Balaban J connectivity index is 2.70.